The number of carbonyl (C=O) groups is 1. The van der Waals surface area contributed by atoms with Gasteiger partial charge in [-0.1, -0.05) is 95.9 Å². The van der Waals surface area contributed by atoms with Crippen LogP contribution in [0.5, 0.6) is 0 Å². The summed E-state index contributed by atoms with van der Waals surface area (Å²) < 4.78 is 6.02. The minimum Gasteiger partial charge on any atom is -0.462 e. The van der Waals surface area contributed by atoms with Crippen LogP contribution in [0.3, 0.4) is 0 Å². The van der Waals surface area contributed by atoms with Gasteiger partial charge in [-0.15, -0.1) is 0 Å². The number of benzene rings is 1. The average Bonchev–Trinajstić information content (AvgIpc) is 3.22. The minimum atomic E-state index is -0.0676. The van der Waals surface area contributed by atoms with Crippen molar-refractivity contribution in [2.24, 2.45) is 46.3 Å². The highest BCUT2D eigenvalue weighted by Crippen LogP contribution is 2.67. The first kappa shape index (κ1) is 27.0. The van der Waals surface area contributed by atoms with Crippen molar-refractivity contribution < 1.29 is 9.53 Å². The Bertz CT molecular complexity index is 963. The number of hydrogen-bond acceptors (Lipinski definition) is 2. The second kappa shape index (κ2) is 10.9. The predicted molar refractivity (Wildman–Crippen MR) is 153 cm³/mol. The van der Waals surface area contributed by atoms with Gasteiger partial charge >= 0.3 is 5.97 Å². The van der Waals surface area contributed by atoms with Crippen LogP contribution in [0.15, 0.2) is 42.0 Å². The smallest absolute Gasteiger partial charge is 0.310 e. The van der Waals surface area contributed by atoms with Crippen molar-refractivity contribution in [2.45, 2.75) is 118 Å². The van der Waals surface area contributed by atoms with Gasteiger partial charge in [0.1, 0.15) is 6.10 Å². The molecule has 0 unspecified atom stereocenters. The number of ether oxygens (including phenoxy) is 1. The quantitative estimate of drug-likeness (QED) is 0.260. The maximum Gasteiger partial charge on any atom is 0.310 e. The molecule has 1 aromatic rings. The van der Waals surface area contributed by atoms with Gasteiger partial charge in [0.25, 0.3) is 0 Å². The SMILES string of the molecule is CC(C)CCC[C@H](C)[C@@H]1CC[C@@H]2[C@@H]3CC=C4C[C@@H](OC(=O)Cc5ccccc5)CC[C@]4(C)[C@H]3CC[C@]21C. The van der Waals surface area contributed by atoms with Crippen LogP contribution in [-0.4, -0.2) is 12.1 Å². The first-order chi connectivity index (χ1) is 17.7. The van der Waals surface area contributed by atoms with Crippen LogP contribution >= 0.6 is 0 Å². The van der Waals surface area contributed by atoms with E-state index in [1.54, 1.807) is 5.57 Å². The van der Waals surface area contributed by atoms with Crippen molar-refractivity contribution >= 4 is 5.97 Å². The summed E-state index contributed by atoms with van der Waals surface area (Å²) in [5.74, 6) is 5.14. The molecule has 4 aliphatic rings. The number of esters is 1. The molecule has 0 aromatic heterocycles. The lowest BCUT2D eigenvalue weighted by Crippen LogP contribution is -2.51. The van der Waals surface area contributed by atoms with Gasteiger partial charge in [-0.05, 0) is 96.8 Å². The zero-order chi connectivity index (χ0) is 26.2. The summed E-state index contributed by atoms with van der Waals surface area (Å²) in [4.78, 5) is 12.7. The van der Waals surface area contributed by atoms with E-state index in [2.05, 4.69) is 40.7 Å². The van der Waals surface area contributed by atoms with Crippen LogP contribution in [0.4, 0.5) is 0 Å². The van der Waals surface area contributed by atoms with Crippen LogP contribution in [-0.2, 0) is 16.0 Å². The Morgan fingerprint density at radius 1 is 0.973 bits per heavy atom. The van der Waals surface area contributed by atoms with E-state index in [4.69, 9.17) is 4.74 Å². The van der Waals surface area contributed by atoms with Crippen LogP contribution in [0, 0.1) is 46.3 Å². The molecule has 0 aliphatic heterocycles. The molecule has 2 nitrogen and oxygen atoms in total. The second-order valence-corrected chi connectivity index (χ2v) is 14.3. The molecule has 0 saturated heterocycles. The van der Waals surface area contributed by atoms with E-state index in [1.165, 1.54) is 57.8 Å². The fourth-order valence-corrected chi connectivity index (χ4v) is 9.74. The molecule has 0 N–H and O–H groups in total. The van der Waals surface area contributed by atoms with E-state index in [0.29, 0.717) is 17.3 Å². The van der Waals surface area contributed by atoms with Crippen molar-refractivity contribution in [1.29, 1.82) is 0 Å². The van der Waals surface area contributed by atoms with Crippen LogP contribution in [0.1, 0.15) is 111 Å². The third kappa shape index (κ3) is 5.33. The highest BCUT2D eigenvalue weighted by atomic mass is 16.5. The fourth-order valence-electron chi connectivity index (χ4n) is 9.74. The summed E-state index contributed by atoms with van der Waals surface area (Å²) in [6.07, 6.45) is 17.4. The molecular formula is C35H52O2. The summed E-state index contributed by atoms with van der Waals surface area (Å²) in [5, 5.41) is 0. The van der Waals surface area contributed by atoms with Crippen molar-refractivity contribution in [2.75, 3.05) is 0 Å². The van der Waals surface area contributed by atoms with E-state index in [0.717, 1.165) is 53.9 Å². The molecule has 0 spiro atoms. The van der Waals surface area contributed by atoms with E-state index >= 15 is 0 Å². The van der Waals surface area contributed by atoms with Gasteiger partial charge in [-0.2, -0.15) is 0 Å². The molecule has 8 atom stereocenters. The molecule has 2 heteroatoms. The lowest BCUT2D eigenvalue weighted by Gasteiger charge is -2.58. The average molecular weight is 505 g/mol. The van der Waals surface area contributed by atoms with Gasteiger partial charge in [-0.25, -0.2) is 0 Å². The van der Waals surface area contributed by atoms with Gasteiger partial charge in [0.15, 0.2) is 0 Å². The topological polar surface area (TPSA) is 26.3 Å². The fraction of sp³-hybridized carbons (Fsp3) is 0.743. The summed E-state index contributed by atoms with van der Waals surface area (Å²) in [7, 11) is 0. The van der Waals surface area contributed by atoms with Gasteiger partial charge < -0.3 is 4.74 Å². The summed E-state index contributed by atoms with van der Waals surface area (Å²) in [6.45, 7) is 12.6. The van der Waals surface area contributed by atoms with E-state index < -0.39 is 0 Å². The molecule has 0 bridgehead atoms. The Labute approximate surface area is 227 Å². The van der Waals surface area contributed by atoms with Gasteiger partial charge in [0, 0.05) is 6.42 Å². The molecule has 0 radical (unpaired) electrons. The normalized spacial score (nSPS) is 37.8. The van der Waals surface area contributed by atoms with Crippen molar-refractivity contribution in [3.8, 4) is 0 Å². The highest BCUT2D eigenvalue weighted by molar-refractivity contribution is 5.72. The number of allylic oxidation sites excluding steroid dienone is 1. The Kier molecular flexibility index (Phi) is 7.95. The Morgan fingerprint density at radius 3 is 2.51 bits per heavy atom. The lowest BCUT2D eigenvalue weighted by atomic mass is 9.47. The first-order valence-corrected chi connectivity index (χ1v) is 15.6. The highest BCUT2D eigenvalue weighted by Gasteiger charge is 2.59. The second-order valence-electron chi connectivity index (χ2n) is 14.3. The van der Waals surface area contributed by atoms with E-state index in [9.17, 15) is 4.79 Å². The molecule has 3 fully saturated rings. The molecule has 0 heterocycles. The van der Waals surface area contributed by atoms with Gasteiger partial charge in [0.2, 0.25) is 0 Å². The molecule has 3 saturated carbocycles. The summed E-state index contributed by atoms with van der Waals surface area (Å²) >= 11 is 0. The monoisotopic (exact) mass is 504 g/mol. The largest absolute Gasteiger partial charge is 0.462 e. The summed E-state index contributed by atoms with van der Waals surface area (Å²) in [6, 6.07) is 10.0. The van der Waals surface area contributed by atoms with Crippen LogP contribution < -0.4 is 0 Å². The first-order valence-electron chi connectivity index (χ1n) is 15.6. The number of fused-ring (bicyclic) bond motifs is 5. The maximum absolute atomic E-state index is 12.7. The van der Waals surface area contributed by atoms with Crippen molar-refractivity contribution in [1.82, 2.24) is 0 Å². The zero-order valence-electron chi connectivity index (χ0n) is 24.3. The lowest BCUT2D eigenvalue weighted by molar-refractivity contribution is -0.150. The van der Waals surface area contributed by atoms with E-state index in [-0.39, 0.29) is 12.1 Å². The third-order valence-electron chi connectivity index (χ3n) is 11.7. The molecule has 0 amide bonds. The maximum atomic E-state index is 12.7. The van der Waals surface area contributed by atoms with Gasteiger partial charge in [0.05, 0.1) is 6.42 Å². The van der Waals surface area contributed by atoms with Crippen LogP contribution in [0.25, 0.3) is 0 Å². The summed E-state index contributed by atoms with van der Waals surface area (Å²) in [5.41, 5.74) is 3.51. The third-order valence-corrected chi connectivity index (χ3v) is 11.7. The molecule has 1 aromatic carbocycles. The number of hydrogen-bond donors (Lipinski definition) is 0. The Morgan fingerprint density at radius 2 is 1.76 bits per heavy atom. The Balaban J connectivity index is 1.22. The zero-order valence-corrected chi connectivity index (χ0v) is 24.3. The molecule has 204 valence electrons. The van der Waals surface area contributed by atoms with E-state index in [1.807, 2.05) is 30.3 Å². The number of carbonyl (C=O) groups excluding carboxylic acids is 1. The minimum absolute atomic E-state index is 0.0588. The van der Waals surface area contributed by atoms with Gasteiger partial charge in [-0.3, -0.25) is 4.79 Å². The van der Waals surface area contributed by atoms with Crippen molar-refractivity contribution in [3.05, 3.63) is 47.5 Å². The predicted octanol–water partition coefficient (Wildman–Crippen LogP) is 9.18. The van der Waals surface area contributed by atoms with Crippen LogP contribution in [0.2, 0.25) is 0 Å². The molecular weight excluding hydrogens is 452 g/mol. The molecule has 37 heavy (non-hydrogen) atoms. The van der Waals surface area contributed by atoms with Crippen molar-refractivity contribution in [3.63, 3.8) is 0 Å². The standard InChI is InChI=1S/C35H52O2/c1-24(2)10-9-11-25(3)30-16-17-31-29-15-14-27-23-28(37-33(36)22-26-12-7-6-8-13-26)18-20-34(27,4)32(29)19-21-35(30,31)5/h6-8,12-14,24-25,28-32H,9-11,15-23H2,1-5H3/t25-,28-,29-,30-,31+,32-,34-,35-/m0/s1. The number of rotatable bonds is 8. The Hall–Kier alpha value is -1.57. The molecule has 4 aliphatic carbocycles. The molecule has 5 rings (SSSR count).